The lowest BCUT2D eigenvalue weighted by atomic mass is 10.3. The second kappa shape index (κ2) is 6.64. The average molecular weight is 439 g/mol. The fourth-order valence-corrected chi connectivity index (χ4v) is 3.11. The molecule has 1 heterocycles. The third-order valence-electron chi connectivity index (χ3n) is 3.09. The summed E-state index contributed by atoms with van der Waals surface area (Å²) in [5, 5.41) is 7.00. The van der Waals surface area contributed by atoms with Crippen molar-refractivity contribution in [3.05, 3.63) is 75.2 Å². The van der Waals surface area contributed by atoms with E-state index in [4.69, 9.17) is 0 Å². The number of anilines is 1. The zero-order valence-corrected chi connectivity index (χ0v) is 14.8. The Labute approximate surface area is 148 Å². The minimum absolute atomic E-state index is 0.268. The van der Waals surface area contributed by atoms with Crippen molar-refractivity contribution in [2.45, 2.75) is 0 Å². The number of hydrogen-bond acceptors (Lipinski definition) is 2. The van der Waals surface area contributed by atoms with Crippen LogP contribution < -0.4 is 5.32 Å². The van der Waals surface area contributed by atoms with Crippen LogP contribution in [0, 0.1) is 5.82 Å². The minimum atomic E-state index is -0.325. The third-order valence-corrected chi connectivity index (χ3v) is 4.24. The Hall–Kier alpha value is -1.99. The topological polar surface area (TPSA) is 46.9 Å². The zero-order chi connectivity index (χ0) is 16.4. The number of rotatable bonds is 3. The number of benzene rings is 2. The van der Waals surface area contributed by atoms with Gasteiger partial charge in [-0.05, 0) is 64.5 Å². The quantitative estimate of drug-likeness (QED) is 0.639. The van der Waals surface area contributed by atoms with Gasteiger partial charge in [-0.1, -0.05) is 15.9 Å². The van der Waals surface area contributed by atoms with Crippen molar-refractivity contribution in [3.63, 3.8) is 0 Å². The second-order valence-electron chi connectivity index (χ2n) is 4.70. The highest BCUT2D eigenvalue weighted by Crippen LogP contribution is 2.26. The van der Waals surface area contributed by atoms with Gasteiger partial charge >= 0.3 is 0 Å². The summed E-state index contributed by atoms with van der Waals surface area (Å²) in [4.78, 5) is 12.3. The number of halogens is 3. The number of nitrogens with zero attached hydrogens (tertiary/aromatic N) is 2. The van der Waals surface area contributed by atoms with Gasteiger partial charge in [-0.3, -0.25) is 4.79 Å². The van der Waals surface area contributed by atoms with Crippen LogP contribution in [0.2, 0.25) is 0 Å². The minimum Gasteiger partial charge on any atom is -0.320 e. The summed E-state index contributed by atoms with van der Waals surface area (Å²) in [6.45, 7) is 0. The van der Waals surface area contributed by atoms with Crippen molar-refractivity contribution in [2.75, 3.05) is 5.32 Å². The summed E-state index contributed by atoms with van der Waals surface area (Å²) in [6, 6.07) is 12.9. The van der Waals surface area contributed by atoms with Crippen LogP contribution in [0.3, 0.4) is 0 Å². The van der Waals surface area contributed by atoms with Gasteiger partial charge in [0.1, 0.15) is 5.82 Å². The van der Waals surface area contributed by atoms with Gasteiger partial charge in [0.05, 0.1) is 11.4 Å². The normalized spacial score (nSPS) is 10.6. The molecule has 0 bridgehead atoms. The molecule has 1 amide bonds. The monoisotopic (exact) mass is 437 g/mol. The largest absolute Gasteiger partial charge is 0.320 e. The summed E-state index contributed by atoms with van der Waals surface area (Å²) in [7, 11) is 0. The van der Waals surface area contributed by atoms with Crippen LogP contribution in [-0.2, 0) is 0 Å². The van der Waals surface area contributed by atoms with Crippen LogP contribution in [0.5, 0.6) is 0 Å². The molecule has 2 aromatic carbocycles. The van der Waals surface area contributed by atoms with Crippen LogP contribution in [0.4, 0.5) is 10.1 Å². The molecule has 0 aliphatic carbocycles. The van der Waals surface area contributed by atoms with Crippen LogP contribution in [0.1, 0.15) is 10.5 Å². The Kier molecular flexibility index (Phi) is 4.58. The predicted octanol–water partition coefficient (Wildman–Crippen LogP) is 4.79. The summed E-state index contributed by atoms with van der Waals surface area (Å²) >= 11 is 6.75. The highest BCUT2D eigenvalue weighted by molar-refractivity contribution is 9.11. The number of amides is 1. The third kappa shape index (κ3) is 3.68. The standard InChI is InChI=1S/C16H10Br2FN3O/c17-10-1-6-14(13(18)9-10)20-16(23)15-7-8-22(21-15)12-4-2-11(19)3-5-12/h1-9H,(H,20,23). The fourth-order valence-electron chi connectivity index (χ4n) is 1.96. The molecule has 0 spiro atoms. The molecule has 0 aliphatic heterocycles. The fraction of sp³-hybridized carbons (Fsp3) is 0. The SMILES string of the molecule is O=C(Nc1ccc(Br)cc1Br)c1ccn(-c2ccc(F)cc2)n1. The lowest BCUT2D eigenvalue weighted by Gasteiger charge is -2.06. The Morgan fingerprint density at radius 3 is 2.52 bits per heavy atom. The van der Waals surface area contributed by atoms with Gasteiger partial charge in [0, 0.05) is 15.1 Å². The van der Waals surface area contributed by atoms with E-state index in [9.17, 15) is 9.18 Å². The zero-order valence-electron chi connectivity index (χ0n) is 11.6. The number of carbonyl (C=O) groups is 1. The first kappa shape index (κ1) is 15.9. The molecule has 3 aromatic rings. The van der Waals surface area contributed by atoms with E-state index in [1.807, 2.05) is 12.1 Å². The van der Waals surface area contributed by atoms with Crippen molar-refractivity contribution in [3.8, 4) is 5.69 Å². The van der Waals surface area contributed by atoms with Crippen molar-refractivity contribution in [2.24, 2.45) is 0 Å². The predicted molar refractivity (Wildman–Crippen MR) is 93.3 cm³/mol. The molecular weight excluding hydrogens is 429 g/mol. The van der Waals surface area contributed by atoms with E-state index in [1.54, 1.807) is 30.5 Å². The van der Waals surface area contributed by atoms with Gasteiger partial charge in [0.25, 0.3) is 5.91 Å². The maximum absolute atomic E-state index is 12.9. The molecule has 0 unspecified atom stereocenters. The van der Waals surface area contributed by atoms with Gasteiger partial charge in [-0.25, -0.2) is 9.07 Å². The number of carbonyl (C=O) groups excluding carboxylic acids is 1. The van der Waals surface area contributed by atoms with E-state index in [-0.39, 0.29) is 17.4 Å². The molecule has 7 heteroatoms. The second-order valence-corrected chi connectivity index (χ2v) is 6.47. The Balaban J connectivity index is 1.79. The first-order valence-corrected chi connectivity index (χ1v) is 8.19. The number of aromatic nitrogens is 2. The van der Waals surface area contributed by atoms with Gasteiger partial charge in [-0.2, -0.15) is 5.10 Å². The van der Waals surface area contributed by atoms with Crippen LogP contribution in [0.15, 0.2) is 63.7 Å². The highest BCUT2D eigenvalue weighted by atomic mass is 79.9. The number of hydrogen-bond donors (Lipinski definition) is 1. The maximum Gasteiger partial charge on any atom is 0.276 e. The molecule has 0 aliphatic rings. The van der Waals surface area contributed by atoms with E-state index in [2.05, 4.69) is 42.3 Å². The van der Waals surface area contributed by atoms with Gasteiger partial charge < -0.3 is 5.32 Å². The molecule has 1 aromatic heterocycles. The first-order chi connectivity index (χ1) is 11.0. The summed E-state index contributed by atoms with van der Waals surface area (Å²) in [6.07, 6.45) is 1.65. The van der Waals surface area contributed by atoms with Crippen molar-refractivity contribution in [1.29, 1.82) is 0 Å². The molecule has 0 radical (unpaired) electrons. The molecule has 3 rings (SSSR count). The van der Waals surface area contributed by atoms with Crippen LogP contribution in [-0.4, -0.2) is 15.7 Å². The van der Waals surface area contributed by atoms with Gasteiger partial charge in [0.2, 0.25) is 0 Å². The van der Waals surface area contributed by atoms with E-state index in [1.165, 1.54) is 16.8 Å². The molecule has 0 saturated carbocycles. The van der Waals surface area contributed by atoms with Crippen molar-refractivity contribution >= 4 is 43.5 Å². The van der Waals surface area contributed by atoms with Crippen molar-refractivity contribution < 1.29 is 9.18 Å². The van der Waals surface area contributed by atoms with Gasteiger partial charge in [-0.15, -0.1) is 0 Å². The van der Waals surface area contributed by atoms with E-state index in [0.717, 1.165) is 8.95 Å². The highest BCUT2D eigenvalue weighted by Gasteiger charge is 2.12. The molecule has 23 heavy (non-hydrogen) atoms. The molecular formula is C16H10Br2FN3O. The lowest BCUT2D eigenvalue weighted by Crippen LogP contribution is -2.13. The number of nitrogens with one attached hydrogen (secondary N) is 1. The van der Waals surface area contributed by atoms with Crippen LogP contribution >= 0.6 is 31.9 Å². The molecule has 1 N–H and O–H groups in total. The summed E-state index contributed by atoms with van der Waals surface area (Å²) in [5.41, 5.74) is 1.59. The molecule has 0 fully saturated rings. The average Bonchev–Trinajstić information content (AvgIpc) is 3.01. The van der Waals surface area contributed by atoms with Crippen LogP contribution in [0.25, 0.3) is 5.69 Å². The Morgan fingerprint density at radius 1 is 1.09 bits per heavy atom. The van der Waals surface area contributed by atoms with Crippen molar-refractivity contribution in [1.82, 2.24) is 9.78 Å². The smallest absolute Gasteiger partial charge is 0.276 e. The van der Waals surface area contributed by atoms with Gasteiger partial charge in [0.15, 0.2) is 5.69 Å². The lowest BCUT2D eigenvalue weighted by molar-refractivity contribution is 0.102. The molecule has 0 atom stereocenters. The molecule has 116 valence electrons. The molecule has 0 saturated heterocycles. The van der Waals surface area contributed by atoms with E-state index in [0.29, 0.717) is 11.4 Å². The Morgan fingerprint density at radius 2 is 1.83 bits per heavy atom. The molecule has 4 nitrogen and oxygen atoms in total. The van der Waals surface area contributed by atoms with E-state index >= 15 is 0 Å². The summed E-state index contributed by atoms with van der Waals surface area (Å²) in [5.74, 6) is -0.646. The first-order valence-electron chi connectivity index (χ1n) is 6.61. The maximum atomic E-state index is 12.9. The van der Waals surface area contributed by atoms with E-state index < -0.39 is 0 Å². The Bertz CT molecular complexity index is 862. The summed E-state index contributed by atoms with van der Waals surface area (Å²) < 4.78 is 16.1.